The quantitative estimate of drug-likeness (QED) is 0.883. The van der Waals surface area contributed by atoms with Crippen molar-refractivity contribution >= 4 is 17.4 Å². The zero-order chi connectivity index (χ0) is 14.5. The molecule has 1 atom stereocenters. The molecule has 2 aromatic heterocycles. The molecule has 1 saturated heterocycles. The van der Waals surface area contributed by atoms with E-state index in [0.29, 0.717) is 5.69 Å². The lowest BCUT2D eigenvalue weighted by Gasteiger charge is -2.11. The Morgan fingerprint density at radius 2 is 2.33 bits per heavy atom. The first-order valence-electron chi connectivity index (χ1n) is 6.97. The van der Waals surface area contributed by atoms with E-state index in [9.17, 15) is 4.79 Å². The van der Waals surface area contributed by atoms with Gasteiger partial charge in [0, 0.05) is 13.2 Å². The zero-order valence-electron chi connectivity index (χ0n) is 11.5. The number of nitrogens with one attached hydrogen (secondary N) is 2. The molecule has 0 saturated carbocycles. The van der Waals surface area contributed by atoms with Crippen molar-refractivity contribution in [2.45, 2.75) is 18.9 Å². The molecule has 21 heavy (non-hydrogen) atoms. The van der Waals surface area contributed by atoms with E-state index < -0.39 is 0 Å². The number of nitrogens with zero attached hydrogens (tertiary/aromatic N) is 1. The number of anilines is 2. The first-order chi connectivity index (χ1) is 10.3. The summed E-state index contributed by atoms with van der Waals surface area (Å²) in [4.78, 5) is 16.1. The fourth-order valence-corrected chi connectivity index (χ4v) is 2.20. The monoisotopic (exact) mass is 287 g/mol. The van der Waals surface area contributed by atoms with Gasteiger partial charge in [0.05, 0.1) is 24.3 Å². The highest BCUT2D eigenvalue weighted by Crippen LogP contribution is 2.14. The number of rotatable bonds is 5. The van der Waals surface area contributed by atoms with Gasteiger partial charge >= 0.3 is 0 Å². The molecule has 0 aromatic carbocycles. The van der Waals surface area contributed by atoms with Crippen LogP contribution in [0.2, 0.25) is 0 Å². The van der Waals surface area contributed by atoms with Crippen molar-refractivity contribution in [3.8, 4) is 0 Å². The van der Waals surface area contributed by atoms with Crippen molar-refractivity contribution < 1.29 is 13.9 Å². The van der Waals surface area contributed by atoms with Crippen LogP contribution in [0.15, 0.2) is 41.1 Å². The molecule has 2 aromatic rings. The van der Waals surface area contributed by atoms with Crippen LogP contribution in [0.3, 0.4) is 0 Å². The van der Waals surface area contributed by atoms with E-state index in [-0.39, 0.29) is 17.8 Å². The number of pyridine rings is 1. The SMILES string of the molecule is O=C(Nc1ccc(NCC2CCCO2)nc1)c1ccco1. The van der Waals surface area contributed by atoms with Gasteiger partial charge in [0.1, 0.15) is 5.82 Å². The fourth-order valence-electron chi connectivity index (χ4n) is 2.20. The van der Waals surface area contributed by atoms with Crippen LogP contribution in [0.5, 0.6) is 0 Å². The Bertz CT molecular complexity index is 575. The third-order valence-corrected chi connectivity index (χ3v) is 3.30. The van der Waals surface area contributed by atoms with E-state index in [1.807, 2.05) is 6.07 Å². The van der Waals surface area contributed by atoms with Gasteiger partial charge < -0.3 is 19.8 Å². The standard InChI is InChI=1S/C15H17N3O3/c19-15(13-4-2-8-21-13)18-11-5-6-14(16-9-11)17-10-12-3-1-7-20-12/h2,4-6,8-9,12H,1,3,7,10H2,(H,16,17)(H,18,19). The molecule has 1 amide bonds. The van der Waals surface area contributed by atoms with Crippen molar-refractivity contribution in [2.75, 3.05) is 23.8 Å². The number of carbonyl (C=O) groups is 1. The van der Waals surface area contributed by atoms with Crippen LogP contribution < -0.4 is 10.6 Å². The molecule has 1 fully saturated rings. The lowest BCUT2D eigenvalue weighted by molar-refractivity contribution is 0.0996. The second-order valence-corrected chi connectivity index (χ2v) is 4.88. The summed E-state index contributed by atoms with van der Waals surface area (Å²) in [5.74, 6) is 0.749. The molecule has 3 heterocycles. The van der Waals surface area contributed by atoms with Crippen LogP contribution in [-0.2, 0) is 4.74 Å². The first-order valence-corrected chi connectivity index (χ1v) is 6.97. The summed E-state index contributed by atoms with van der Waals surface area (Å²) < 4.78 is 10.6. The maximum absolute atomic E-state index is 11.8. The highest BCUT2D eigenvalue weighted by Gasteiger charge is 2.15. The van der Waals surface area contributed by atoms with Crippen molar-refractivity contribution in [2.24, 2.45) is 0 Å². The average molecular weight is 287 g/mol. The number of aromatic nitrogens is 1. The van der Waals surface area contributed by atoms with E-state index in [0.717, 1.165) is 31.8 Å². The third-order valence-electron chi connectivity index (χ3n) is 3.30. The number of hydrogen-bond donors (Lipinski definition) is 2. The molecule has 1 aliphatic rings. The predicted octanol–water partition coefficient (Wildman–Crippen LogP) is 2.52. The Hall–Kier alpha value is -2.34. The Kier molecular flexibility index (Phi) is 4.16. The van der Waals surface area contributed by atoms with Gasteiger partial charge in [-0.2, -0.15) is 0 Å². The molecule has 0 bridgehead atoms. The summed E-state index contributed by atoms with van der Waals surface area (Å²) in [6, 6.07) is 6.91. The summed E-state index contributed by atoms with van der Waals surface area (Å²) in [7, 11) is 0. The molecule has 0 radical (unpaired) electrons. The summed E-state index contributed by atoms with van der Waals surface area (Å²) in [5, 5.41) is 5.95. The number of ether oxygens (including phenoxy) is 1. The van der Waals surface area contributed by atoms with E-state index in [2.05, 4.69) is 15.6 Å². The van der Waals surface area contributed by atoms with Crippen molar-refractivity contribution in [1.29, 1.82) is 0 Å². The molecule has 0 spiro atoms. The maximum atomic E-state index is 11.8. The molecule has 1 unspecified atom stereocenters. The fraction of sp³-hybridized carbons (Fsp3) is 0.333. The van der Waals surface area contributed by atoms with E-state index in [1.165, 1.54) is 6.26 Å². The second-order valence-electron chi connectivity index (χ2n) is 4.88. The van der Waals surface area contributed by atoms with Crippen LogP contribution in [-0.4, -0.2) is 30.1 Å². The average Bonchev–Trinajstić information content (AvgIpc) is 3.20. The number of hydrogen-bond acceptors (Lipinski definition) is 5. The second kappa shape index (κ2) is 6.41. The molecule has 6 heteroatoms. The lowest BCUT2D eigenvalue weighted by atomic mass is 10.2. The van der Waals surface area contributed by atoms with Crippen LogP contribution in [0.25, 0.3) is 0 Å². The largest absolute Gasteiger partial charge is 0.459 e. The number of amides is 1. The molecule has 110 valence electrons. The van der Waals surface area contributed by atoms with Gasteiger partial charge in [0.15, 0.2) is 5.76 Å². The van der Waals surface area contributed by atoms with Gasteiger partial charge in [-0.3, -0.25) is 4.79 Å². The third kappa shape index (κ3) is 3.61. The summed E-state index contributed by atoms with van der Waals surface area (Å²) in [5.41, 5.74) is 0.624. The zero-order valence-corrected chi connectivity index (χ0v) is 11.5. The van der Waals surface area contributed by atoms with Crippen LogP contribution >= 0.6 is 0 Å². The normalized spacial score (nSPS) is 17.6. The summed E-state index contributed by atoms with van der Waals surface area (Å²) in [6.07, 6.45) is 5.55. The first kappa shape index (κ1) is 13.6. The minimum Gasteiger partial charge on any atom is -0.459 e. The highest BCUT2D eigenvalue weighted by molar-refractivity contribution is 6.02. The van der Waals surface area contributed by atoms with Gasteiger partial charge in [0.2, 0.25) is 0 Å². The number of furan rings is 1. The van der Waals surface area contributed by atoms with Gasteiger partial charge in [-0.25, -0.2) is 4.98 Å². The molecular weight excluding hydrogens is 270 g/mol. The molecule has 3 rings (SSSR count). The Balaban J connectivity index is 1.52. The summed E-state index contributed by atoms with van der Waals surface area (Å²) in [6.45, 7) is 1.60. The van der Waals surface area contributed by atoms with Gasteiger partial charge in [-0.15, -0.1) is 0 Å². The van der Waals surface area contributed by atoms with Crippen molar-refractivity contribution in [1.82, 2.24) is 4.98 Å². The summed E-state index contributed by atoms with van der Waals surface area (Å²) >= 11 is 0. The van der Waals surface area contributed by atoms with E-state index in [1.54, 1.807) is 24.4 Å². The molecule has 1 aliphatic heterocycles. The van der Waals surface area contributed by atoms with Gasteiger partial charge in [-0.1, -0.05) is 0 Å². The van der Waals surface area contributed by atoms with Gasteiger partial charge in [0.25, 0.3) is 5.91 Å². The van der Waals surface area contributed by atoms with Crippen LogP contribution in [0.4, 0.5) is 11.5 Å². The number of carbonyl (C=O) groups excluding carboxylic acids is 1. The Labute approximate surface area is 122 Å². The molecule has 2 N–H and O–H groups in total. The van der Waals surface area contributed by atoms with Crippen molar-refractivity contribution in [3.05, 3.63) is 42.5 Å². The minimum atomic E-state index is -0.290. The Morgan fingerprint density at radius 1 is 1.38 bits per heavy atom. The molecular formula is C15H17N3O3. The predicted molar refractivity (Wildman–Crippen MR) is 78.4 cm³/mol. The highest BCUT2D eigenvalue weighted by atomic mass is 16.5. The topological polar surface area (TPSA) is 76.4 Å². The minimum absolute atomic E-state index is 0.269. The maximum Gasteiger partial charge on any atom is 0.291 e. The lowest BCUT2D eigenvalue weighted by Crippen LogP contribution is -2.19. The van der Waals surface area contributed by atoms with Crippen LogP contribution in [0.1, 0.15) is 23.4 Å². The molecule has 6 nitrogen and oxygen atoms in total. The van der Waals surface area contributed by atoms with Gasteiger partial charge in [-0.05, 0) is 37.1 Å². The van der Waals surface area contributed by atoms with E-state index >= 15 is 0 Å². The van der Waals surface area contributed by atoms with E-state index in [4.69, 9.17) is 9.15 Å². The smallest absolute Gasteiger partial charge is 0.291 e. The van der Waals surface area contributed by atoms with Crippen LogP contribution in [0, 0.1) is 0 Å². The molecule has 0 aliphatic carbocycles. The van der Waals surface area contributed by atoms with Crippen molar-refractivity contribution in [3.63, 3.8) is 0 Å². The Morgan fingerprint density at radius 3 is 3.00 bits per heavy atom.